The van der Waals surface area contributed by atoms with Crippen LogP contribution >= 0.6 is 11.8 Å². The molecule has 0 aliphatic heterocycles. The highest BCUT2D eigenvalue weighted by atomic mass is 32.2. The van der Waals surface area contributed by atoms with Gasteiger partial charge in [-0.05, 0) is 47.0 Å². The van der Waals surface area contributed by atoms with E-state index in [-0.39, 0.29) is 23.2 Å². The van der Waals surface area contributed by atoms with Gasteiger partial charge in [0.05, 0.1) is 5.69 Å². The maximum absolute atomic E-state index is 12.2. The Hall–Kier alpha value is -2.47. The number of thioether (sulfide) groups is 1. The van der Waals surface area contributed by atoms with Crippen molar-refractivity contribution in [3.8, 4) is 5.75 Å². The van der Waals surface area contributed by atoms with E-state index in [0.717, 1.165) is 11.8 Å². The van der Waals surface area contributed by atoms with Crippen LogP contribution in [0.4, 0.5) is 10.5 Å². The number of carbonyl (C=O) groups excluding carboxylic acids is 2. The molecular formula is C21H26N2O3S. The maximum atomic E-state index is 12.2. The molecule has 2 amide bonds. The van der Waals surface area contributed by atoms with Gasteiger partial charge >= 0.3 is 0 Å². The van der Waals surface area contributed by atoms with Crippen LogP contribution in [0.1, 0.15) is 26.3 Å². The first kappa shape index (κ1) is 20.8. The Morgan fingerprint density at radius 2 is 1.67 bits per heavy atom. The average Bonchev–Trinajstić information content (AvgIpc) is 2.61. The van der Waals surface area contributed by atoms with Crippen molar-refractivity contribution in [2.24, 2.45) is 0 Å². The third kappa shape index (κ3) is 6.32. The quantitative estimate of drug-likeness (QED) is 0.752. The summed E-state index contributed by atoms with van der Waals surface area (Å²) in [6.07, 6.45) is 0. The minimum atomic E-state index is -0.278. The van der Waals surface area contributed by atoms with Crippen molar-refractivity contribution in [1.82, 2.24) is 4.90 Å². The SMILES string of the molecule is CN(C)C(=O)Sc1ccccc1NC(=O)COc1ccc(C(C)(C)C)cc1. The molecule has 0 atom stereocenters. The molecule has 0 aliphatic rings. The van der Waals surface area contributed by atoms with E-state index in [9.17, 15) is 9.59 Å². The predicted molar refractivity (Wildman–Crippen MR) is 111 cm³/mol. The maximum Gasteiger partial charge on any atom is 0.286 e. The van der Waals surface area contributed by atoms with Crippen LogP contribution in [-0.2, 0) is 10.2 Å². The van der Waals surface area contributed by atoms with E-state index in [1.807, 2.05) is 36.4 Å². The lowest BCUT2D eigenvalue weighted by atomic mass is 9.87. The van der Waals surface area contributed by atoms with Gasteiger partial charge < -0.3 is 15.0 Å². The lowest BCUT2D eigenvalue weighted by Gasteiger charge is -2.19. The number of carbonyl (C=O) groups is 2. The zero-order chi connectivity index (χ0) is 20.0. The van der Waals surface area contributed by atoms with Crippen molar-refractivity contribution in [2.75, 3.05) is 26.0 Å². The molecule has 0 aromatic heterocycles. The minimum absolute atomic E-state index is 0.0707. The van der Waals surface area contributed by atoms with E-state index in [0.29, 0.717) is 16.3 Å². The number of hydrogen-bond donors (Lipinski definition) is 1. The van der Waals surface area contributed by atoms with Gasteiger partial charge in [0, 0.05) is 19.0 Å². The summed E-state index contributed by atoms with van der Waals surface area (Å²) in [5, 5.41) is 2.70. The van der Waals surface area contributed by atoms with Crippen LogP contribution < -0.4 is 10.1 Å². The van der Waals surface area contributed by atoms with Gasteiger partial charge in [0.2, 0.25) is 0 Å². The fraction of sp³-hybridized carbons (Fsp3) is 0.333. The smallest absolute Gasteiger partial charge is 0.286 e. The lowest BCUT2D eigenvalue weighted by Crippen LogP contribution is -2.21. The van der Waals surface area contributed by atoms with Crippen molar-refractivity contribution >= 4 is 28.6 Å². The number of hydrogen-bond acceptors (Lipinski definition) is 4. The molecule has 6 heteroatoms. The first-order chi connectivity index (χ1) is 12.7. The van der Waals surface area contributed by atoms with Crippen LogP contribution in [0, 0.1) is 0 Å². The summed E-state index contributed by atoms with van der Waals surface area (Å²) >= 11 is 1.07. The van der Waals surface area contributed by atoms with Crippen molar-refractivity contribution in [2.45, 2.75) is 31.1 Å². The van der Waals surface area contributed by atoms with Crippen molar-refractivity contribution in [3.05, 3.63) is 54.1 Å². The van der Waals surface area contributed by atoms with Crippen LogP contribution in [0.3, 0.4) is 0 Å². The second-order valence-corrected chi connectivity index (χ2v) is 8.36. The molecule has 0 saturated heterocycles. The fourth-order valence-corrected chi connectivity index (χ4v) is 2.98. The monoisotopic (exact) mass is 386 g/mol. The summed E-state index contributed by atoms with van der Waals surface area (Å²) in [4.78, 5) is 26.3. The zero-order valence-electron chi connectivity index (χ0n) is 16.4. The molecule has 0 spiro atoms. The van der Waals surface area contributed by atoms with Gasteiger partial charge in [0.15, 0.2) is 6.61 Å². The molecule has 0 saturated carbocycles. The summed E-state index contributed by atoms with van der Waals surface area (Å²) in [5.74, 6) is 0.365. The average molecular weight is 387 g/mol. The molecule has 5 nitrogen and oxygen atoms in total. The van der Waals surface area contributed by atoms with E-state index in [2.05, 4.69) is 26.1 Å². The van der Waals surface area contributed by atoms with Gasteiger partial charge in [0.25, 0.3) is 11.1 Å². The second kappa shape index (κ2) is 8.95. The van der Waals surface area contributed by atoms with E-state index < -0.39 is 0 Å². The highest BCUT2D eigenvalue weighted by molar-refractivity contribution is 8.13. The lowest BCUT2D eigenvalue weighted by molar-refractivity contribution is -0.118. The molecule has 0 fully saturated rings. The third-order valence-electron chi connectivity index (χ3n) is 3.81. The number of benzene rings is 2. The number of anilines is 1. The Balaban J connectivity index is 1.95. The molecule has 2 rings (SSSR count). The largest absolute Gasteiger partial charge is 0.484 e. The van der Waals surface area contributed by atoms with Crippen LogP contribution in [-0.4, -0.2) is 36.7 Å². The van der Waals surface area contributed by atoms with E-state index in [1.165, 1.54) is 10.5 Å². The number of amides is 2. The molecule has 0 radical (unpaired) electrons. The summed E-state index contributed by atoms with van der Waals surface area (Å²) in [7, 11) is 3.38. The van der Waals surface area contributed by atoms with Crippen molar-refractivity contribution in [1.29, 1.82) is 0 Å². The van der Waals surface area contributed by atoms with E-state index in [4.69, 9.17) is 4.74 Å². The van der Waals surface area contributed by atoms with Gasteiger partial charge in [0.1, 0.15) is 5.75 Å². The zero-order valence-corrected chi connectivity index (χ0v) is 17.2. The van der Waals surface area contributed by atoms with Gasteiger partial charge in [-0.15, -0.1) is 0 Å². The normalized spacial score (nSPS) is 11.0. The van der Waals surface area contributed by atoms with Crippen LogP contribution in [0.5, 0.6) is 5.75 Å². The molecule has 144 valence electrons. The number of para-hydroxylation sites is 1. The number of nitrogens with one attached hydrogen (secondary N) is 1. The Labute approximate surface area is 165 Å². The van der Waals surface area contributed by atoms with Crippen LogP contribution in [0.25, 0.3) is 0 Å². The van der Waals surface area contributed by atoms with Crippen molar-refractivity contribution < 1.29 is 14.3 Å². The fourth-order valence-electron chi connectivity index (χ4n) is 2.23. The second-order valence-electron chi connectivity index (χ2n) is 7.37. The molecule has 27 heavy (non-hydrogen) atoms. The third-order valence-corrected chi connectivity index (χ3v) is 4.93. The molecule has 1 N–H and O–H groups in total. The number of ether oxygens (including phenoxy) is 1. The molecule has 0 bridgehead atoms. The van der Waals surface area contributed by atoms with Gasteiger partial charge in [-0.3, -0.25) is 9.59 Å². The highest BCUT2D eigenvalue weighted by Crippen LogP contribution is 2.28. The standard InChI is InChI=1S/C21H26N2O3S/c1-21(2,3)15-10-12-16(13-11-15)26-14-19(24)22-17-8-6-7-9-18(17)27-20(25)23(4)5/h6-13H,14H2,1-5H3,(H,22,24). The molecule has 2 aromatic carbocycles. The summed E-state index contributed by atoms with van der Waals surface area (Å²) < 4.78 is 5.57. The Morgan fingerprint density at radius 1 is 1.04 bits per heavy atom. The van der Waals surface area contributed by atoms with E-state index >= 15 is 0 Å². The number of nitrogens with zero attached hydrogens (tertiary/aromatic N) is 1. The molecular weight excluding hydrogens is 360 g/mol. The van der Waals surface area contributed by atoms with Gasteiger partial charge in [-0.1, -0.05) is 45.0 Å². The first-order valence-electron chi connectivity index (χ1n) is 8.68. The first-order valence-corrected chi connectivity index (χ1v) is 9.50. The summed E-state index contributed by atoms with van der Waals surface area (Å²) in [6.45, 7) is 6.34. The van der Waals surface area contributed by atoms with E-state index in [1.54, 1.807) is 26.2 Å². The topological polar surface area (TPSA) is 58.6 Å². The molecule has 0 unspecified atom stereocenters. The predicted octanol–water partition coefficient (Wildman–Crippen LogP) is 4.78. The Bertz CT molecular complexity index is 796. The summed E-state index contributed by atoms with van der Waals surface area (Å²) in [6, 6.07) is 15.0. The molecule has 0 aliphatic carbocycles. The highest BCUT2D eigenvalue weighted by Gasteiger charge is 2.14. The van der Waals surface area contributed by atoms with Crippen molar-refractivity contribution in [3.63, 3.8) is 0 Å². The van der Waals surface area contributed by atoms with Crippen LogP contribution in [0.15, 0.2) is 53.4 Å². The molecule has 0 heterocycles. The van der Waals surface area contributed by atoms with Crippen LogP contribution in [0.2, 0.25) is 0 Å². The minimum Gasteiger partial charge on any atom is -0.484 e. The summed E-state index contributed by atoms with van der Waals surface area (Å²) in [5.41, 5.74) is 1.87. The van der Waals surface area contributed by atoms with Gasteiger partial charge in [-0.25, -0.2) is 0 Å². The molecule has 2 aromatic rings. The number of rotatable bonds is 5. The Morgan fingerprint density at radius 3 is 2.26 bits per heavy atom. The van der Waals surface area contributed by atoms with Gasteiger partial charge in [-0.2, -0.15) is 0 Å². The Kier molecular flexibility index (Phi) is 6.91.